The maximum absolute atomic E-state index is 13.3. The van der Waals surface area contributed by atoms with Gasteiger partial charge in [0.25, 0.3) is 0 Å². The molecule has 0 aromatic heterocycles. The van der Waals surface area contributed by atoms with Crippen LogP contribution in [0.3, 0.4) is 0 Å². The Morgan fingerprint density at radius 3 is 2.30 bits per heavy atom. The minimum absolute atomic E-state index is 0.0528. The second kappa shape index (κ2) is 6.23. The van der Waals surface area contributed by atoms with Crippen LogP contribution in [-0.4, -0.2) is 5.91 Å². The van der Waals surface area contributed by atoms with E-state index in [-0.39, 0.29) is 30.3 Å². The number of hydrogen-bond donors (Lipinski definition) is 1. The first-order valence-electron chi connectivity index (χ1n) is 5.99. The van der Waals surface area contributed by atoms with E-state index in [0.29, 0.717) is 5.56 Å². The van der Waals surface area contributed by atoms with Gasteiger partial charge in [0.1, 0.15) is 17.5 Å². The lowest BCUT2D eigenvalue weighted by atomic mass is 10.1. The Kier molecular flexibility index (Phi) is 4.40. The molecule has 0 aliphatic carbocycles. The molecule has 20 heavy (non-hydrogen) atoms. The van der Waals surface area contributed by atoms with E-state index in [0.717, 1.165) is 18.2 Å². The maximum atomic E-state index is 13.3. The summed E-state index contributed by atoms with van der Waals surface area (Å²) >= 11 is 0. The van der Waals surface area contributed by atoms with Crippen molar-refractivity contribution in [3.8, 4) is 0 Å². The van der Waals surface area contributed by atoms with Crippen molar-refractivity contribution in [2.75, 3.05) is 0 Å². The van der Waals surface area contributed by atoms with Gasteiger partial charge in [-0.05, 0) is 35.9 Å². The third-order valence-corrected chi connectivity index (χ3v) is 2.76. The molecule has 2 aromatic carbocycles. The topological polar surface area (TPSA) is 29.1 Å². The van der Waals surface area contributed by atoms with Crippen molar-refractivity contribution in [1.29, 1.82) is 0 Å². The van der Waals surface area contributed by atoms with Crippen LogP contribution in [0.25, 0.3) is 0 Å². The molecular formula is C15H12F3NO. The molecule has 2 nitrogen and oxygen atoms in total. The number of amides is 1. The van der Waals surface area contributed by atoms with Gasteiger partial charge in [-0.15, -0.1) is 0 Å². The Labute approximate surface area is 114 Å². The van der Waals surface area contributed by atoms with Gasteiger partial charge in [-0.25, -0.2) is 13.2 Å². The summed E-state index contributed by atoms with van der Waals surface area (Å²) in [4.78, 5) is 11.6. The van der Waals surface area contributed by atoms with E-state index in [1.165, 1.54) is 24.3 Å². The van der Waals surface area contributed by atoms with Crippen molar-refractivity contribution in [1.82, 2.24) is 5.32 Å². The summed E-state index contributed by atoms with van der Waals surface area (Å²) in [6.45, 7) is -0.0936. The van der Waals surface area contributed by atoms with Gasteiger partial charge >= 0.3 is 0 Å². The van der Waals surface area contributed by atoms with Crippen molar-refractivity contribution >= 4 is 5.91 Å². The summed E-state index contributed by atoms with van der Waals surface area (Å²) in [5.74, 6) is -1.86. The van der Waals surface area contributed by atoms with Gasteiger partial charge in [-0.1, -0.05) is 12.1 Å². The zero-order valence-corrected chi connectivity index (χ0v) is 10.5. The Morgan fingerprint density at radius 1 is 0.950 bits per heavy atom. The smallest absolute Gasteiger partial charge is 0.224 e. The molecule has 0 saturated carbocycles. The lowest BCUT2D eigenvalue weighted by Crippen LogP contribution is -2.25. The summed E-state index contributed by atoms with van der Waals surface area (Å²) in [5.41, 5.74) is 0.723. The van der Waals surface area contributed by atoms with Crippen molar-refractivity contribution in [3.63, 3.8) is 0 Å². The summed E-state index contributed by atoms with van der Waals surface area (Å²) in [6.07, 6.45) is 0.0528. The number of halogens is 3. The van der Waals surface area contributed by atoms with Gasteiger partial charge in [0, 0.05) is 12.1 Å². The molecule has 0 unspecified atom stereocenters. The predicted octanol–water partition coefficient (Wildman–Crippen LogP) is 2.96. The van der Waals surface area contributed by atoms with Crippen molar-refractivity contribution in [2.45, 2.75) is 13.0 Å². The van der Waals surface area contributed by atoms with Crippen LogP contribution >= 0.6 is 0 Å². The molecule has 0 bridgehead atoms. The highest BCUT2D eigenvalue weighted by atomic mass is 19.1. The molecule has 5 heteroatoms. The fourth-order valence-electron chi connectivity index (χ4n) is 1.72. The largest absolute Gasteiger partial charge is 0.352 e. The zero-order valence-electron chi connectivity index (χ0n) is 10.5. The van der Waals surface area contributed by atoms with Crippen LogP contribution < -0.4 is 5.32 Å². The average molecular weight is 279 g/mol. The van der Waals surface area contributed by atoms with Crippen LogP contribution in [-0.2, 0) is 17.8 Å². The van der Waals surface area contributed by atoms with Gasteiger partial charge in [0.05, 0.1) is 6.42 Å². The van der Waals surface area contributed by atoms with Gasteiger partial charge in [0.15, 0.2) is 0 Å². The number of nitrogens with one attached hydrogen (secondary N) is 1. The predicted molar refractivity (Wildman–Crippen MR) is 68.3 cm³/mol. The third kappa shape index (κ3) is 3.85. The maximum Gasteiger partial charge on any atom is 0.224 e. The van der Waals surface area contributed by atoms with Crippen LogP contribution in [0.4, 0.5) is 13.2 Å². The van der Waals surface area contributed by atoms with Crippen LogP contribution in [0.15, 0.2) is 42.5 Å². The monoisotopic (exact) mass is 279 g/mol. The summed E-state index contributed by atoms with van der Waals surface area (Å²) in [7, 11) is 0. The molecular weight excluding hydrogens is 267 g/mol. The van der Waals surface area contributed by atoms with Crippen LogP contribution in [0.1, 0.15) is 11.1 Å². The first-order chi connectivity index (χ1) is 9.54. The minimum Gasteiger partial charge on any atom is -0.352 e. The van der Waals surface area contributed by atoms with E-state index in [1.54, 1.807) is 0 Å². The van der Waals surface area contributed by atoms with Gasteiger partial charge in [-0.3, -0.25) is 4.79 Å². The fourth-order valence-corrected chi connectivity index (χ4v) is 1.72. The number of benzene rings is 2. The molecule has 0 atom stereocenters. The highest BCUT2D eigenvalue weighted by Crippen LogP contribution is 2.09. The Balaban J connectivity index is 1.92. The molecule has 0 radical (unpaired) electrons. The van der Waals surface area contributed by atoms with Crippen LogP contribution in [0.2, 0.25) is 0 Å². The zero-order chi connectivity index (χ0) is 14.5. The number of rotatable bonds is 4. The Bertz CT molecular complexity index is 611. The summed E-state index contributed by atoms with van der Waals surface area (Å²) < 4.78 is 39.0. The fraction of sp³-hybridized carbons (Fsp3) is 0.133. The molecule has 0 saturated heterocycles. The number of carbonyl (C=O) groups is 1. The van der Waals surface area contributed by atoms with Crippen molar-refractivity contribution < 1.29 is 18.0 Å². The molecule has 2 aromatic rings. The average Bonchev–Trinajstić information content (AvgIpc) is 2.42. The molecule has 1 N–H and O–H groups in total. The third-order valence-electron chi connectivity index (χ3n) is 2.76. The minimum atomic E-state index is -0.575. The molecule has 104 valence electrons. The second-order valence-corrected chi connectivity index (χ2v) is 4.32. The molecule has 2 rings (SSSR count). The molecule has 0 aliphatic rings. The lowest BCUT2D eigenvalue weighted by molar-refractivity contribution is -0.120. The van der Waals surface area contributed by atoms with E-state index in [1.807, 2.05) is 0 Å². The lowest BCUT2D eigenvalue weighted by Gasteiger charge is -2.06. The second-order valence-electron chi connectivity index (χ2n) is 4.32. The first-order valence-corrected chi connectivity index (χ1v) is 5.99. The molecule has 0 fully saturated rings. The summed E-state index contributed by atoms with van der Waals surface area (Å²) in [6, 6.07) is 8.57. The van der Waals surface area contributed by atoms with Crippen molar-refractivity contribution in [3.05, 3.63) is 71.0 Å². The first kappa shape index (κ1) is 14.1. The van der Waals surface area contributed by atoms with E-state index >= 15 is 0 Å². The van der Waals surface area contributed by atoms with Gasteiger partial charge in [0.2, 0.25) is 5.91 Å². The molecule has 1 amide bonds. The highest BCUT2D eigenvalue weighted by Gasteiger charge is 2.07. The number of carbonyl (C=O) groups excluding carboxylic acids is 1. The standard InChI is InChI=1S/C15H12F3NO/c16-12-3-1-10(2-4-12)7-15(20)19-9-11-8-13(17)5-6-14(11)18/h1-6,8H,7,9H2,(H,19,20). The summed E-state index contributed by atoms with van der Waals surface area (Å²) in [5, 5.41) is 2.49. The van der Waals surface area contributed by atoms with E-state index in [4.69, 9.17) is 0 Å². The molecule has 0 heterocycles. The molecule has 0 aliphatic heterocycles. The SMILES string of the molecule is O=C(Cc1ccc(F)cc1)NCc1cc(F)ccc1F. The Morgan fingerprint density at radius 2 is 1.60 bits per heavy atom. The van der Waals surface area contributed by atoms with E-state index in [2.05, 4.69) is 5.32 Å². The number of hydrogen-bond acceptors (Lipinski definition) is 1. The highest BCUT2D eigenvalue weighted by molar-refractivity contribution is 5.78. The molecule has 0 spiro atoms. The quantitative estimate of drug-likeness (QED) is 0.916. The normalized spacial score (nSPS) is 10.3. The van der Waals surface area contributed by atoms with E-state index in [9.17, 15) is 18.0 Å². The van der Waals surface area contributed by atoms with Crippen LogP contribution in [0, 0.1) is 17.5 Å². The van der Waals surface area contributed by atoms with Crippen LogP contribution in [0.5, 0.6) is 0 Å². The van der Waals surface area contributed by atoms with Crippen molar-refractivity contribution in [2.24, 2.45) is 0 Å². The van der Waals surface area contributed by atoms with E-state index < -0.39 is 11.6 Å². The Hall–Kier alpha value is -2.30. The van der Waals surface area contributed by atoms with Gasteiger partial charge < -0.3 is 5.32 Å². The van der Waals surface area contributed by atoms with Gasteiger partial charge in [-0.2, -0.15) is 0 Å².